The largest absolute Gasteiger partial charge is 0.490 e. The zero-order chi connectivity index (χ0) is 25.7. The number of benzene rings is 1. The van der Waals surface area contributed by atoms with Gasteiger partial charge in [0.15, 0.2) is 0 Å². The SMILES string of the molecule is CC(C)NC(=O)Cc1cc2c(-c3ccc(NS(C)(=O)=O)cc3)ccnc2[nH]1.O=C(O)C(F)(F)F. The molecule has 0 fully saturated rings. The maximum Gasteiger partial charge on any atom is 0.490 e. The number of H-pyrrole nitrogens is 1. The predicted octanol–water partition coefficient (Wildman–Crippen LogP) is 3.30. The zero-order valence-corrected chi connectivity index (χ0v) is 19.2. The van der Waals surface area contributed by atoms with Crippen LogP contribution in [0.25, 0.3) is 22.2 Å². The molecule has 2 heterocycles. The van der Waals surface area contributed by atoms with Crippen LogP contribution in [0.3, 0.4) is 0 Å². The average molecular weight is 500 g/mol. The molecule has 0 radical (unpaired) electrons. The molecule has 0 saturated heterocycles. The first-order valence-corrected chi connectivity index (χ1v) is 11.7. The zero-order valence-electron chi connectivity index (χ0n) is 18.4. The second-order valence-corrected chi connectivity index (χ2v) is 9.32. The first kappa shape index (κ1) is 26.6. The number of pyridine rings is 1. The standard InChI is InChI=1S/C19H22N4O3S.C2HF3O2/c1-12(2)21-18(24)11-15-10-17-16(8-9-20-19(17)22-15)13-4-6-14(7-5-13)23-27(3,25)26;3-2(4,5)1(6)7/h4-10,12,23H,11H2,1-3H3,(H,20,22)(H,21,24);(H,6,7). The number of alkyl halides is 3. The van der Waals surface area contributed by atoms with Gasteiger partial charge in [-0.05, 0) is 49.2 Å². The summed E-state index contributed by atoms with van der Waals surface area (Å²) in [6.07, 6.45) is -2.01. The summed E-state index contributed by atoms with van der Waals surface area (Å²) in [5.41, 5.74) is 3.89. The third-order valence-corrected chi connectivity index (χ3v) is 4.74. The van der Waals surface area contributed by atoms with Gasteiger partial charge in [-0.2, -0.15) is 13.2 Å². The quantitative estimate of drug-likeness (QED) is 0.409. The molecule has 3 aromatic rings. The highest BCUT2D eigenvalue weighted by atomic mass is 32.2. The van der Waals surface area contributed by atoms with Crippen molar-refractivity contribution in [3.63, 3.8) is 0 Å². The Hall–Kier alpha value is -3.61. The van der Waals surface area contributed by atoms with E-state index in [1.165, 1.54) is 0 Å². The van der Waals surface area contributed by atoms with Crippen molar-refractivity contribution in [2.75, 3.05) is 11.0 Å². The van der Waals surface area contributed by atoms with Gasteiger partial charge in [0.1, 0.15) is 5.65 Å². The fraction of sp³-hybridized carbons (Fsp3) is 0.286. The van der Waals surface area contributed by atoms with Crippen molar-refractivity contribution in [2.45, 2.75) is 32.5 Å². The Bertz CT molecular complexity index is 1270. The van der Waals surface area contributed by atoms with E-state index in [-0.39, 0.29) is 18.4 Å². The maximum atomic E-state index is 12.0. The van der Waals surface area contributed by atoms with E-state index in [9.17, 15) is 26.4 Å². The smallest absolute Gasteiger partial charge is 0.475 e. The van der Waals surface area contributed by atoms with Gasteiger partial charge in [0.2, 0.25) is 15.9 Å². The van der Waals surface area contributed by atoms with Crippen LogP contribution in [0.15, 0.2) is 42.6 Å². The highest BCUT2D eigenvalue weighted by Gasteiger charge is 2.38. The van der Waals surface area contributed by atoms with Gasteiger partial charge in [-0.1, -0.05) is 12.1 Å². The van der Waals surface area contributed by atoms with Crippen molar-refractivity contribution in [3.8, 4) is 11.1 Å². The van der Waals surface area contributed by atoms with Crippen LogP contribution >= 0.6 is 0 Å². The van der Waals surface area contributed by atoms with E-state index in [2.05, 4.69) is 20.0 Å². The summed E-state index contributed by atoms with van der Waals surface area (Å²) in [4.78, 5) is 28.4. The normalized spacial score (nSPS) is 11.6. The predicted molar refractivity (Wildman–Crippen MR) is 121 cm³/mol. The van der Waals surface area contributed by atoms with Crippen molar-refractivity contribution in [1.29, 1.82) is 0 Å². The molecule has 0 aliphatic heterocycles. The highest BCUT2D eigenvalue weighted by Crippen LogP contribution is 2.29. The number of hydrogen-bond donors (Lipinski definition) is 4. The van der Waals surface area contributed by atoms with Gasteiger partial charge >= 0.3 is 12.1 Å². The topological polar surface area (TPSA) is 141 Å². The molecule has 1 amide bonds. The lowest BCUT2D eigenvalue weighted by molar-refractivity contribution is -0.192. The Labute approximate surface area is 193 Å². The Morgan fingerprint density at radius 3 is 2.24 bits per heavy atom. The molecule has 184 valence electrons. The van der Waals surface area contributed by atoms with Crippen LogP contribution in [0.1, 0.15) is 19.5 Å². The number of aliphatic carboxylic acids is 1. The first-order chi connectivity index (χ1) is 15.7. The number of carbonyl (C=O) groups is 2. The first-order valence-electron chi connectivity index (χ1n) is 9.80. The van der Waals surface area contributed by atoms with Crippen molar-refractivity contribution in [3.05, 3.63) is 48.3 Å². The van der Waals surface area contributed by atoms with Gasteiger partial charge in [-0.15, -0.1) is 0 Å². The minimum absolute atomic E-state index is 0.0469. The van der Waals surface area contributed by atoms with E-state index in [0.29, 0.717) is 11.3 Å². The molecular weight excluding hydrogens is 477 g/mol. The second kappa shape index (κ2) is 10.5. The van der Waals surface area contributed by atoms with E-state index >= 15 is 0 Å². The van der Waals surface area contributed by atoms with Crippen LogP contribution < -0.4 is 10.0 Å². The number of hydrogen-bond acceptors (Lipinski definition) is 5. The van der Waals surface area contributed by atoms with Crippen molar-refractivity contribution < 1.29 is 36.3 Å². The summed E-state index contributed by atoms with van der Waals surface area (Å²) < 4.78 is 56.8. The molecule has 13 heteroatoms. The summed E-state index contributed by atoms with van der Waals surface area (Å²) in [7, 11) is -3.31. The number of carboxylic acids is 1. The lowest BCUT2D eigenvalue weighted by atomic mass is 10.0. The molecule has 0 unspecified atom stereocenters. The summed E-state index contributed by atoms with van der Waals surface area (Å²) in [5, 5.41) is 10.9. The molecule has 3 rings (SSSR count). The van der Waals surface area contributed by atoms with E-state index in [1.807, 2.05) is 38.1 Å². The number of aromatic amines is 1. The van der Waals surface area contributed by atoms with E-state index in [1.54, 1.807) is 18.3 Å². The molecule has 0 saturated carbocycles. The monoisotopic (exact) mass is 500 g/mol. The molecule has 0 aliphatic carbocycles. The minimum atomic E-state index is -5.08. The van der Waals surface area contributed by atoms with Crippen LogP contribution in [-0.4, -0.2) is 53.8 Å². The van der Waals surface area contributed by atoms with Gasteiger partial charge in [0.25, 0.3) is 0 Å². The Balaban J connectivity index is 0.000000509. The number of nitrogens with one attached hydrogen (secondary N) is 3. The number of halogens is 3. The fourth-order valence-electron chi connectivity index (χ4n) is 2.91. The molecule has 0 bridgehead atoms. The minimum Gasteiger partial charge on any atom is -0.475 e. The van der Waals surface area contributed by atoms with Gasteiger partial charge in [0.05, 0.1) is 12.7 Å². The number of fused-ring (bicyclic) bond motifs is 1. The lowest BCUT2D eigenvalue weighted by Gasteiger charge is -2.07. The van der Waals surface area contributed by atoms with Crippen LogP contribution in [-0.2, 0) is 26.0 Å². The third kappa shape index (κ3) is 8.06. The van der Waals surface area contributed by atoms with Crippen LogP contribution in [0.4, 0.5) is 18.9 Å². The molecule has 1 aromatic carbocycles. The maximum absolute atomic E-state index is 12.0. The number of rotatable bonds is 6. The van der Waals surface area contributed by atoms with Gasteiger partial charge in [-0.25, -0.2) is 18.2 Å². The van der Waals surface area contributed by atoms with Crippen LogP contribution in [0.2, 0.25) is 0 Å². The van der Waals surface area contributed by atoms with Gasteiger partial charge in [-0.3, -0.25) is 9.52 Å². The van der Waals surface area contributed by atoms with Crippen molar-refractivity contribution in [1.82, 2.24) is 15.3 Å². The van der Waals surface area contributed by atoms with Crippen molar-refractivity contribution >= 4 is 38.6 Å². The molecular formula is C21H23F3N4O5S. The van der Waals surface area contributed by atoms with Gasteiger partial charge in [0, 0.05) is 29.0 Å². The van der Waals surface area contributed by atoms with E-state index in [4.69, 9.17) is 9.90 Å². The average Bonchev–Trinajstić information content (AvgIpc) is 3.08. The molecule has 0 spiro atoms. The number of nitrogens with zero attached hydrogens (tertiary/aromatic N) is 1. The number of anilines is 1. The molecule has 0 atom stereocenters. The molecule has 9 nitrogen and oxygen atoms in total. The highest BCUT2D eigenvalue weighted by molar-refractivity contribution is 7.92. The summed E-state index contributed by atoms with van der Waals surface area (Å²) in [5.74, 6) is -2.80. The second-order valence-electron chi connectivity index (χ2n) is 7.57. The van der Waals surface area contributed by atoms with Crippen LogP contribution in [0.5, 0.6) is 0 Å². The van der Waals surface area contributed by atoms with Crippen molar-refractivity contribution in [2.24, 2.45) is 0 Å². The number of sulfonamides is 1. The summed E-state index contributed by atoms with van der Waals surface area (Å²) in [6.45, 7) is 3.84. The number of amides is 1. The number of carboxylic acid groups (broad SMARTS) is 1. The lowest BCUT2D eigenvalue weighted by Crippen LogP contribution is -2.31. The molecule has 2 aromatic heterocycles. The summed E-state index contributed by atoms with van der Waals surface area (Å²) >= 11 is 0. The Morgan fingerprint density at radius 1 is 1.15 bits per heavy atom. The van der Waals surface area contributed by atoms with Gasteiger partial charge < -0.3 is 15.4 Å². The molecule has 0 aliphatic rings. The molecule has 4 N–H and O–H groups in total. The molecule has 34 heavy (non-hydrogen) atoms. The summed E-state index contributed by atoms with van der Waals surface area (Å²) in [6, 6.07) is 11.0. The Kier molecular flexibility index (Phi) is 8.26. The number of aromatic nitrogens is 2. The van der Waals surface area contributed by atoms with Crippen LogP contribution in [0, 0.1) is 0 Å². The van der Waals surface area contributed by atoms with E-state index < -0.39 is 22.2 Å². The third-order valence-electron chi connectivity index (χ3n) is 4.13. The number of carbonyl (C=O) groups excluding carboxylic acids is 1. The Morgan fingerprint density at radius 2 is 1.74 bits per heavy atom. The van der Waals surface area contributed by atoms with E-state index in [0.717, 1.165) is 28.5 Å². The fourth-order valence-corrected chi connectivity index (χ4v) is 3.47.